The fraction of sp³-hybridized carbons (Fsp3) is 0.440. The molecule has 0 radical (unpaired) electrons. The predicted molar refractivity (Wildman–Crippen MR) is 133 cm³/mol. The Kier molecular flexibility index (Phi) is 6.62. The summed E-state index contributed by atoms with van der Waals surface area (Å²) in [4.78, 5) is 48.6. The van der Waals surface area contributed by atoms with Crippen LogP contribution in [0.3, 0.4) is 0 Å². The SMILES string of the molecule is O=C(Cn1cnc2sc3c(c2c1=O)CCCC3)NCCC(=O)N1CCN(c2ccccc2)CC1. The van der Waals surface area contributed by atoms with Gasteiger partial charge >= 0.3 is 0 Å². The van der Waals surface area contributed by atoms with Gasteiger partial charge in [-0.05, 0) is 43.4 Å². The molecule has 0 unspecified atom stereocenters. The summed E-state index contributed by atoms with van der Waals surface area (Å²) < 4.78 is 1.38. The Morgan fingerprint density at radius 2 is 1.79 bits per heavy atom. The first kappa shape index (κ1) is 22.6. The third-order valence-electron chi connectivity index (χ3n) is 6.67. The monoisotopic (exact) mass is 479 g/mol. The highest BCUT2D eigenvalue weighted by atomic mass is 32.1. The molecule has 1 saturated heterocycles. The number of anilines is 1. The van der Waals surface area contributed by atoms with Crippen LogP contribution in [0.25, 0.3) is 10.2 Å². The van der Waals surface area contributed by atoms with Crippen molar-refractivity contribution in [2.75, 3.05) is 37.6 Å². The van der Waals surface area contributed by atoms with Crippen LogP contribution in [0.5, 0.6) is 0 Å². The lowest BCUT2D eigenvalue weighted by Gasteiger charge is -2.36. The molecule has 9 heteroatoms. The summed E-state index contributed by atoms with van der Waals surface area (Å²) in [5.41, 5.74) is 2.15. The van der Waals surface area contributed by atoms with Crippen molar-refractivity contribution in [2.24, 2.45) is 0 Å². The van der Waals surface area contributed by atoms with Crippen LogP contribution in [0.1, 0.15) is 29.7 Å². The van der Waals surface area contributed by atoms with Crippen molar-refractivity contribution < 1.29 is 9.59 Å². The van der Waals surface area contributed by atoms with E-state index in [1.165, 1.54) is 21.5 Å². The number of fused-ring (bicyclic) bond motifs is 3. The van der Waals surface area contributed by atoms with Crippen LogP contribution < -0.4 is 15.8 Å². The summed E-state index contributed by atoms with van der Waals surface area (Å²) in [6, 6.07) is 10.2. The van der Waals surface area contributed by atoms with E-state index in [4.69, 9.17) is 0 Å². The third kappa shape index (κ3) is 4.70. The van der Waals surface area contributed by atoms with Crippen LogP contribution in [-0.4, -0.2) is 59.0 Å². The van der Waals surface area contributed by atoms with E-state index in [-0.39, 0.29) is 36.9 Å². The zero-order valence-corrected chi connectivity index (χ0v) is 20.0. The van der Waals surface area contributed by atoms with Gasteiger partial charge in [-0.15, -0.1) is 11.3 Å². The van der Waals surface area contributed by atoms with Crippen molar-refractivity contribution in [3.63, 3.8) is 0 Å². The van der Waals surface area contributed by atoms with Gasteiger partial charge in [0.25, 0.3) is 5.56 Å². The molecule has 178 valence electrons. The molecule has 1 aliphatic heterocycles. The second kappa shape index (κ2) is 9.97. The van der Waals surface area contributed by atoms with E-state index < -0.39 is 0 Å². The molecule has 0 atom stereocenters. The fourth-order valence-corrected chi connectivity index (χ4v) is 6.04. The first-order valence-electron chi connectivity index (χ1n) is 11.9. The highest BCUT2D eigenvalue weighted by Crippen LogP contribution is 2.33. The number of carbonyl (C=O) groups excluding carboxylic acids is 2. The van der Waals surface area contributed by atoms with Crippen molar-refractivity contribution in [2.45, 2.75) is 38.6 Å². The number of amides is 2. The number of benzene rings is 1. The molecular weight excluding hydrogens is 450 g/mol. The van der Waals surface area contributed by atoms with Crippen molar-refractivity contribution in [3.8, 4) is 0 Å². The summed E-state index contributed by atoms with van der Waals surface area (Å²) >= 11 is 1.60. The van der Waals surface area contributed by atoms with Gasteiger partial charge in [0, 0.05) is 49.7 Å². The van der Waals surface area contributed by atoms with Crippen molar-refractivity contribution in [1.82, 2.24) is 19.8 Å². The summed E-state index contributed by atoms with van der Waals surface area (Å²) in [7, 11) is 0. The summed E-state index contributed by atoms with van der Waals surface area (Å²) in [6.07, 6.45) is 5.86. The number of hydrogen-bond donors (Lipinski definition) is 1. The predicted octanol–water partition coefficient (Wildman–Crippen LogP) is 2.19. The first-order valence-corrected chi connectivity index (χ1v) is 12.8. The maximum atomic E-state index is 13.0. The average Bonchev–Trinajstić information content (AvgIpc) is 3.26. The first-order chi connectivity index (χ1) is 16.6. The van der Waals surface area contributed by atoms with E-state index in [9.17, 15) is 14.4 Å². The van der Waals surface area contributed by atoms with Crippen LogP contribution in [-0.2, 0) is 29.0 Å². The molecule has 2 amide bonds. The van der Waals surface area contributed by atoms with Crippen LogP contribution >= 0.6 is 11.3 Å². The van der Waals surface area contributed by atoms with Gasteiger partial charge in [0.2, 0.25) is 11.8 Å². The van der Waals surface area contributed by atoms with Gasteiger partial charge in [0.15, 0.2) is 0 Å². The van der Waals surface area contributed by atoms with E-state index in [0.717, 1.165) is 49.2 Å². The molecule has 0 saturated carbocycles. The maximum Gasteiger partial charge on any atom is 0.262 e. The molecule has 5 rings (SSSR count). The van der Waals surface area contributed by atoms with Gasteiger partial charge < -0.3 is 15.1 Å². The van der Waals surface area contributed by atoms with Gasteiger partial charge in [-0.1, -0.05) is 18.2 Å². The smallest absolute Gasteiger partial charge is 0.262 e. The number of aromatic nitrogens is 2. The second-order valence-electron chi connectivity index (χ2n) is 8.87. The summed E-state index contributed by atoms with van der Waals surface area (Å²) in [6.45, 7) is 3.12. The standard InChI is InChI=1S/C25H29N5O3S/c31-21(16-30-17-27-24-23(25(30)33)19-8-4-5-9-20(19)34-24)26-11-10-22(32)29-14-12-28(13-15-29)18-6-2-1-3-7-18/h1-3,6-7,17H,4-5,8-16H2,(H,26,31). The van der Waals surface area contributed by atoms with E-state index in [1.54, 1.807) is 11.3 Å². The molecule has 3 heterocycles. The highest BCUT2D eigenvalue weighted by molar-refractivity contribution is 7.18. The number of rotatable bonds is 6. The molecule has 1 N–H and O–H groups in total. The average molecular weight is 480 g/mol. The van der Waals surface area contributed by atoms with Gasteiger partial charge in [-0.2, -0.15) is 0 Å². The zero-order valence-electron chi connectivity index (χ0n) is 19.2. The molecule has 8 nitrogen and oxygen atoms in total. The molecule has 1 fully saturated rings. The van der Waals surface area contributed by atoms with E-state index >= 15 is 0 Å². The number of nitrogens with zero attached hydrogens (tertiary/aromatic N) is 4. The minimum Gasteiger partial charge on any atom is -0.368 e. The Bertz CT molecular complexity index is 1240. The Hall–Kier alpha value is -3.20. The van der Waals surface area contributed by atoms with E-state index in [0.29, 0.717) is 18.5 Å². The fourth-order valence-electron chi connectivity index (χ4n) is 4.82. The summed E-state index contributed by atoms with van der Waals surface area (Å²) in [5, 5.41) is 3.47. The lowest BCUT2D eigenvalue weighted by atomic mass is 9.97. The molecule has 3 aromatic rings. The van der Waals surface area contributed by atoms with E-state index in [2.05, 4.69) is 27.3 Å². The van der Waals surface area contributed by atoms with Gasteiger partial charge in [-0.25, -0.2) is 4.98 Å². The Labute approximate surface area is 202 Å². The number of hydrogen-bond acceptors (Lipinski definition) is 6. The van der Waals surface area contributed by atoms with E-state index in [1.807, 2.05) is 23.1 Å². The Morgan fingerprint density at radius 3 is 2.59 bits per heavy atom. The number of thiophene rings is 1. The lowest BCUT2D eigenvalue weighted by molar-refractivity contribution is -0.131. The molecule has 0 bridgehead atoms. The molecule has 2 aromatic heterocycles. The lowest BCUT2D eigenvalue weighted by Crippen LogP contribution is -2.49. The minimum absolute atomic E-state index is 0.0400. The van der Waals surface area contributed by atoms with Crippen LogP contribution in [0.15, 0.2) is 41.5 Å². The summed E-state index contributed by atoms with van der Waals surface area (Å²) in [5.74, 6) is -0.243. The molecule has 34 heavy (non-hydrogen) atoms. The molecule has 1 aromatic carbocycles. The Morgan fingerprint density at radius 1 is 1.03 bits per heavy atom. The quantitative estimate of drug-likeness (QED) is 0.586. The maximum absolute atomic E-state index is 13.0. The molecular formula is C25H29N5O3S. The second-order valence-corrected chi connectivity index (χ2v) is 9.96. The number of aryl methyl sites for hydroxylation is 2. The van der Waals surface area contributed by atoms with Crippen molar-refractivity contribution in [1.29, 1.82) is 0 Å². The van der Waals surface area contributed by atoms with Crippen molar-refractivity contribution >= 4 is 39.1 Å². The largest absolute Gasteiger partial charge is 0.368 e. The molecule has 1 aliphatic carbocycles. The van der Waals surface area contributed by atoms with Gasteiger partial charge in [0.05, 0.1) is 11.7 Å². The van der Waals surface area contributed by atoms with Crippen LogP contribution in [0.2, 0.25) is 0 Å². The number of carbonyl (C=O) groups is 2. The zero-order chi connectivity index (χ0) is 23.5. The Balaban J connectivity index is 1.11. The van der Waals surface area contributed by atoms with Crippen LogP contribution in [0, 0.1) is 0 Å². The van der Waals surface area contributed by atoms with Gasteiger partial charge in [-0.3, -0.25) is 19.0 Å². The third-order valence-corrected chi connectivity index (χ3v) is 7.87. The number of piperazine rings is 1. The topological polar surface area (TPSA) is 87.5 Å². The van der Waals surface area contributed by atoms with Gasteiger partial charge in [0.1, 0.15) is 11.4 Å². The van der Waals surface area contributed by atoms with Crippen LogP contribution in [0.4, 0.5) is 5.69 Å². The molecule has 2 aliphatic rings. The normalized spacial score (nSPS) is 15.9. The van der Waals surface area contributed by atoms with Crippen molar-refractivity contribution in [3.05, 3.63) is 57.5 Å². The number of nitrogens with one attached hydrogen (secondary N) is 1. The highest BCUT2D eigenvalue weighted by Gasteiger charge is 2.22. The number of para-hydroxylation sites is 1. The minimum atomic E-state index is -0.283. The molecule has 0 spiro atoms.